The zero-order valence-electron chi connectivity index (χ0n) is 21.1. The van der Waals surface area contributed by atoms with Gasteiger partial charge in [-0.15, -0.1) is 0 Å². The van der Waals surface area contributed by atoms with E-state index in [1.165, 1.54) is 35.3 Å². The van der Waals surface area contributed by atoms with E-state index in [1.54, 1.807) is 6.20 Å². The maximum atomic E-state index is 11.3. The molecule has 0 aromatic rings. The molecule has 38 heavy (non-hydrogen) atoms. The van der Waals surface area contributed by atoms with Gasteiger partial charge in [-0.05, 0) is 42.4 Å². The number of hydrogen-bond donors (Lipinski definition) is 1. The van der Waals surface area contributed by atoms with E-state index in [0.717, 1.165) is 42.9 Å². The minimum Gasteiger partial charge on any atom is -0.380 e. The summed E-state index contributed by atoms with van der Waals surface area (Å²) in [5.74, 6) is 2.94. The van der Waals surface area contributed by atoms with E-state index >= 15 is 0 Å². The number of aliphatic hydroxyl groups is 1. The number of aliphatic hydroxyl groups excluding tert-OH is 1. The van der Waals surface area contributed by atoms with Crippen molar-refractivity contribution in [3.05, 3.63) is 64.1 Å². The lowest BCUT2D eigenvalue weighted by molar-refractivity contribution is -0.617. The Kier molecular flexibility index (Phi) is 13.8. The second kappa shape index (κ2) is 16.5. The summed E-state index contributed by atoms with van der Waals surface area (Å²) in [4.78, 5) is 51.4. The molecule has 16 heteroatoms. The van der Waals surface area contributed by atoms with Crippen molar-refractivity contribution in [1.82, 2.24) is 0 Å². The highest BCUT2D eigenvalue weighted by molar-refractivity contribution is 8.76. The first-order valence-corrected chi connectivity index (χ1v) is 15.1. The Hall–Kier alpha value is -2.46. The number of nitroso groups, excluding NO2 is 2. The minimum absolute atomic E-state index is 0.481. The van der Waals surface area contributed by atoms with E-state index in [-0.39, 0.29) is 0 Å². The van der Waals surface area contributed by atoms with Crippen LogP contribution >= 0.6 is 21.6 Å². The summed E-state index contributed by atoms with van der Waals surface area (Å²) < 4.78 is 2.22. The van der Waals surface area contributed by atoms with Gasteiger partial charge in [0.05, 0.1) is 12.8 Å². The van der Waals surface area contributed by atoms with Gasteiger partial charge in [-0.3, -0.25) is 30.3 Å². The predicted molar refractivity (Wildman–Crippen MR) is 143 cm³/mol. The third kappa shape index (κ3) is 11.1. The van der Waals surface area contributed by atoms with Crippen LogP contribution in [0.2, 0.25) is 0 Å². The average Bonchev–Trinajstić information content (AvgIpc) is 2.85. The number of nitrogens with zero attached hydrogens (tertiary/aromatic N) is 5. The van der Waals surface area contributed by atoms with Crippen LogP contribution in [0.3, 0.4) is 0 Å². The smallest absolute Gasteiger partial charge is 0.251 e. The fraction of sp³-hybridized carbons (Fsp3) is 0.818. The molecule has 2 fully saturated rings. The van der Waals surface area contributed by atoms with E-state index < -0.39 is 51.8 Å². The summed E-state index contributed by atoms with van der Waals surface area (Å²) >= 11 is 0. The van der Waals surface area contributed by atoms with E-state index in [9.17, 15) is 45.3 Å². The van der Waals surface area contributed by atoms with Crippen LogP contribution in [-0.2, 0) is 0 Å². The second-order valence-electron chi connectivity index (χ2n) is 9.63. The summed E-state index contributed by atoms with van der Waals surface area (Å²) in [5, 5.41) is 40.8. The molecule has 3 unspecified atom stereocenters. The first-order valence-electron chi connectivity index (χ1n) is 12.6. The Labute approximate surface area is 227 Å². The van der Waals surface area contributed by atoms with Crippen LogP contribution in [0.15, 0.2) is 23.9 Å². The van der Waals surface area contributed by atoms with E-state index in [1.807, 2.05) is 27.7 Å². The van der Waals surface area contributed by atoms with Gasteiger partial charge in [0.2, 0.25) is 18.8 Å². The number of piperidine rings is 1. The molecule has 0 bridgehead atoms. The van der Waals surface area contributed by atoms with Crippen molar-refractivity contribution in [2.24, 2.45) is 5.92 Å². The third-order valence-corrected chi connectivity index (χ3v) is 9.31. The highest BCUT2D eigenvalue weighted by Crippen LogP contribution is 2.27. The molecule has 212 valence electrons. The van der Waals surface area contributed by atoms with Crippen molar-refractivity contribution in [1.29, 1.82) is 0 Å². The number of hydrogen-bond acceptors (Lipinski definition) is 11. The molecule has 14 nitrogen and oxygen atoms in total. The van der Waals surface area contributed by atoms with E-state index in [4.69, 9.17) is 0 Å². The molecule has 1 saturated heterocycles. The maximum absolute atomic E-state index is 11.3. The monoisotopic (exact) mass is 577 g/mol. The van der Waals surface area contributed by atoms with E-state index in [0.29, 0.717) is 12.5 Å². The molecule has 0 amide bonds. The molecule has 1 aliphatic carbocycles. The quantitative estimate of drug-likeness (QED) is 0.118. The lowest BCUT2D eigenvalue weighted by Gasteiger charge is -2.25. The highest BCUT2D eigenvalue weighted by atomic mass is 33.1. The average molecular weight is 578 g/mol. The Morgan fingerprint density at radius 2 is 1.61 bits per heavy atom. The van der Waals surface area contributed by atoms with Crippen molar-refractivity contribution in [3.63, 3.8) is 0 Å². The normalized spacial score (nSPS) is 27.2. The number of rotatable bonds is 12. The lowest BCUT2D eigenvalue weighted by Crippen LogP contribution is -2.54. The van der Waals surface area contributed by atoms with Crippen molar-refractivity contribution in [2.45, 2.75) is 75.6 Å². The lowest BCUT2D eigenvalue weighted by atomic mass is 9.85. The fourth-order valence-corrected chi connectivity index (χ4v) is 6.89. The van der Waals surface area contributed by atoms with Crippen LogP contribution in [0, 0.1) is 46.1 Å². The maximum Gasteiger partial charge on any atom is 0.251 e. The molecule has 0 aromatic carbocycles. The number of nitro groups is 3. The van der Waals surface area contributed by atoms with Crippen LogP contribution in [0.4, 0.5) is 0 Å². The van der Waals surface area contributed by atoms with Gasteiger partial charge >= 0.3 is 0 Å². The van der Waals surface area contributed by atoms with Crippen LogP contribution in [0.1, 0.15) is 51.4 Å². The molecule has 2 heterocycles. The van der Waals surface area contributed by atoms with Gasteiger partial charge in [-0.1, -0.05) is 27.7 Å². The van der Waals surface area contributed by atoms with Gasteiger partial charge in [0.1, 0.15) is 0 Å². The molecule has 1 saturated carbocycles. The fourth-order valence-electron chi connectivity index (χ4n) is 4.70. The van der Waals surface area contributed by atoms with Crippen LogP contribution in [-0.4, -0.2) is 84.8 Å². The molecule has 2 aliphatic heterocycles. The molecular weight excluding hydrogens is 542 g/mol. The van der Waals surface area contributed by atoms with Crippen LogP contribution in [0.25, 0.3) is 0 Å². The topological polar surface area (TPSA) is 190 Å². The third-order valence-electron chi connectivity index (χ3n) is 6.73. The van der Waals surface area contributed by atoms with Crippen molar-refractivity contribution in [2.75, 3.05) is 31.1 Å². The van der Waals surface area contributed by atoms with Crippen molar-refractivity contribution in [3.8, 4) is 0 Å². The first kappa shape index (κ1) is 31.8. The van der Waals surface area contributed by atoms with Crippen LogP contribution in [0.5, 0.6) is 0 Å². The second-order valence-corrected chi connectivity index (χ2v) is 12.3. The van der Waals surface area contributed by atoms with Crippen molar-refractivity contribution < 1.29 is 29.4 Å². The molecule has 3 aliphatic rings. The standard InChI is InChI=1S/C16H26N2O2S2.C6H9N3O7/c19-17-9-1-5-15(13-17)7-3-11-21-22-12-4-8-16-6-2-10-18(20)14-16;10-6-4(8(13)14)1-3(7(11)12)2-5(6)9(15)16/h1,5,9,16H,2-4,6-8,10-14H2;3-6,10H,1-2H2/q+2;. The summed E-state index contributed by atoms with van der Waals surface area (Å²) in [6.45, 7) is 2.02. The summed E-state index contributed by atoms with van der Waals surface area (Å²) in [7, 11) is 3.89. The summed E-state index contributed by atoms with van der Waals surface area (Å²) in [6, 6.07) is -4.66. The Bertz CT molecular complexity index is 909. The summed E-state index contributed by atoms with van der Waals surface area (Å²) in [5.41, 5.74) is 1.24. The molecule has 0 radical (unpaired) electrons. The molecule has 1 N–H and O–H groups in total. The zero-order valence-corrected chi connectivity index (χ0v) is 22.7. The molecule has 3 rings (SSSR count). The van der Waals surface area contributed by atoms with Crippen LogP contribution < -0.4 is 0 Å². The first-order chi connectivity index (χ1) is 18.1. The SMILES string of the molecule is O=[N+]([O-])C1CC([N+](=O)[O-])C(O)C([N+](=O)[O-])C1.O=[N+]1C=CC=C(CCCSSCCCC2CCC[N+](=O)C2)C1. The van der Waals surface area contributed by atoms with Gasteiger partial charge in [0, 0.05) is 59.3 Å². The number of allylic oxidation sites excluding steroid dienone is 2. The molecular formula is C22H35N5O9S2+2. The van der Waals surface area contributed by atoms with Crippen molar-refractivity contribution >= 4 is 21.6 Å². The van der Waals surface area contributed by atoms with E-state index in [2.05, 4.69) is 6.08 Å². The van der Waals surface area contributed by atoms with Gasteiger partial charge in [0.15, 0.2) is 19.2 Å². The highest BCUT2D eigenvalue weighted by Gasteiger charge is 2.53. The predicted octanol–water partition coefficient (Wildman–Crippen LogP) is 3.43. The Morgan fingerprint density at radius 3 is 2.16 bits per heavy atom. The molecule has 0 aromatic heterocycles. The molecule has 3 atom stereocenters. The van der Waals surface area contributed by atoms with Gasteiger partial charge in [0.25, 0.3) is 12.1 Å². The molecule has 0 spiro atoms. The van der Waals surface area contributed by atoms with Gasteiger partial charge in [-0.25, -0.2) is 0 Å². The Morgan fingerprint density at radius 1 is 0.974 bits per heavy atom. The Balaban J connectivity index is 0.000000281. The largest absolute Gasteiger partial charge is 0.380 e. The zero-order chi connectivity index (χ0) is 28.1. The minimum atomic E-state index is -1.78. The summed E-state index contributed by atoms with van der Waals surface area (Å²) in [6.07, 6.45) is 9.63. The van der Waals surface area contributed by atoms with Gasteiger partial charge in [-0.2, -0.15) is 0 Å². The van der Waals surface area contributed by atoms with Gasteiger partial charge < -0.3 is 5.11 Å².